The average Bonchev–Trinajstić information content (AvgIpc) is 2.53. The van der Waals surface area contributed by atoms with Crippen molar-refractivity contribution in [1.82, 2.24) is 0 Å². The molecule has 1 atom stereocenters. The normalized spacial score (nSPS) is 24.3. The fourth-order valence-corrected chi connectivity index (χ4v) is 3.21. The van der Waals surface area contributed by atoms with Crippen molar-refractivity contribution in [3.63, 3.8) is 0 Å². The van der Waals surface area contributed by atoms with Gasteiger partial charge in [-0.25, -0.2) is 0 Å². The Balaban J connectivity index is 2.04. The van der Waals surface area contributed by atoms with Crippen LogP contribution in [0.5, 0.6) is 0 Å². The number of carbonyl (C=O) groups excluding carboxylic acids is 1. The predicted octanol–water partition coefficient (Wildman–Crippen LogP) is 4.55. The van der Waals surface area contributed by atoms with Gasteiger partial charge < -0.3 is 4.74 Å². The maximum atomic E-state index is 12.8. The molecule has 1 aliphatic carbocycles. The summed E-state index contributed by atoms with van der Waals surface area (Å²) in [5.41, 5.74) is 0.997. The third kappa shape index (κ3) is 3.69. The zero-order valence-corrected chi connectivity index (χ0v) is 12.7. The molecule has 1 unspecified atom stereocenters. The number of ether oxygens (including phenoxy) is 1. The molecule has 0 N–H and O–H groups in total. The predicted molar refractivity (Wildman–Crippen MR) is 81.6 cm³/mol. The molecule has 2 nitrogen and oxygen atoms in total. The second kappa shape index (κ2) is 7.58. The lowest BCUT2D eigenvalue weighted by Crippen LogP contribution is -2.28. The van der Waals surface area contributed by atoms with Crippen LogP contribution in [0.3, 0.4) is 0 Å². The summed E-state index contributed by atoms with van der Waals surface area (Å²) < 4.78 is 5.75. The second-order valence-electron chi connectivity index (χ2n) is 5.77. The highest BCUT2D eigenvalue weighted by Gasteiger charge is 2.31. The number of Topliss-reactive ketones (excluding diaryl/α,β-unsaturated/α-hetero) is 1. The Hall–Kier alpha value is -1.15. The fraction of sp³-hybridized carbons (Fsp3) is 0.611. The van der Waals surface area contributed by atoms with Gasteiger partial charge in [0.2, 0.25) is 0 Å². The van der Waals surface area contributed by atoms with Gasteiger partial charge >= 0.3 is 0 Å². The van der Waals surface area contributed by atoms with Crippen molar-refractivity contribution in [2.45, 2.75) is 52.1 Å². The van der Waals surface area contributed by atoms with E-state index >= 15 is 0 Å². The lowest BCUT2D eigenvalue weighted by Gasteiger charge is -2.29. The third-order valence-corrected chi connectivity index (χ3v) is 4.52. The molecule has 0 amide bonds. The molecule has 1 fully saturated rings. The van der Waals surface area contributed by atoms with Gasteiger partial charge in [-0.3, -0.25) is 4.79 Å². The smallest absolute Gasteiger partial charge is 0.169 e. The Kier molecular flexibility index (Phi) is 5.78. The summed E-state index contributed by atoms with van der Waals surface area (Å²) in [6.45, 7) is 4.78. The maximum Gasteiger partial charge on any atom is 0.169 e. The number of rotatable bonds is 6. The van der Waals surface area contributed by atoms with Crippen LogP contribution in [0.15, 0.2) is 30.3 Å². The number of ketones is 1. The van der Waals surface area contributed by atoms with Gasteiger partial charge in [0.25, 0.3) is 0 Å². The highest BCUT2D eigenvalue weighted by Crippen LogP contribution is 2.34. The summed E-state index contributed by atoms with van der Waals surface area (Å²) in [5, 5.41) is 0. The molecule has 1 aromatic carbocycles. The van der Waals surface area contributed by atoms with E-state index in [0.29, 0.717) is 6.61 Å². The molecule has 2 heteroatoms. The molecular weight excluding hydrogens is 248 g/mol. The average molecular weight is 274 g/mol. The van der Waals surface area contributed by atoms with E-state index in [1.54, 1.807) is 0 Å². The Morgan fingerprint density at radius 2 is 1.80 bits per heavy atom. The number of hydrogen-bond donors (Lipinski definition) is 0. The first-order valence-electron chi connectivity index (χ1n) is 7.96. The molecule has 1 aromatic rings. The SMILES string of the molecule is CCOC(C(=O)C1CCC(CC)CC1)c1ccccc1. The van der Waals surface area contributed by atoms with Crippen molar-refractivity contribution >= 4 is 5.78 Å². The monoisotopic (exact) mass is 274 g/mol. The maximum absolute atomic E-state index is 12.8. The Morgan fingerprint density at radius 1 is 1.15 bits per heavy atom. The summed E-state index contributed by atoms with van der Waals surface area (Å²) in [6.07, 6.45) is 5.33. The molecule has 0 aliphatic heterocycles. The molecule has 0 heterocycles. The highest BCUT2D eigenvalue weighted by molar-refractivity contribution is 5.86. The standard InChI is InChI=1S/C18H26O2/c1-3-14-10-12-15(13-11-14)17(19)18(20-4-2)16-8-6-5-7-9-16/h5-9,14-15,18H,3-4,10-13H2,1-2H3. The van der Waals surface area contributed by atoms with Crippen LogP contribution in [0.4, 0.5) is 0 Å². The first-order valence-corrected chi connectivity index (χ1v) is 7.96. The molecule has 0 saturated heterocycles. The van der Waals surface area contributed by atoms with E-state index in [9.17, 15) is 4.79 Å². The van der Waals surface area contributed by atoms with Gasteiger partial charge in [0.1, 0.15) is 6.10 Å². The minimum absolute atomic E-state index is 0.189. The van der Waals surface area contributed by atoms with E-state index < -0.39 is 0 Å². The lowest BCUT2D eigenvalue weighted by molar-refractivity contribution is -0.136. The quantitative estimate of drug-likeness (QED) is 0.760. The van der Waals surface area contributed by atoms with Crippen molar-refractivity contribution in [3.8, 4) is 0 Å². The van der Waals surface area contributed by atoms with E-state index in [1.807, 2.05) is 37.3 Å². The molecule has 20 heavy (non-hydrogen) atoms. The van der Waals surface area contributed by atoms with E-state index in [1.165, 1.54) is 19.3 Å². The zero-order chi connectivity index (χ0) is 14.4. The van der Waals surface area contributed by atoms with E-state index in [-0.39, 0.29) is 17.8 Å². The molecule has 110 valence electrons. The van der Waals surface area contributed by atoms with Crippen molar-refractivity contribution in [1.29, 1.82) is 0 Å². The first kappa shape index (κ1) is 15.2. The van der Waals surface area contributed by atoms with Crippen LogP contribution in [0.25, 0.3) is 0 Å². The van der Waals surface area contributed by atoms with Crippen LogP contribution >= 0.6 is 0 Å². The topological polar surface area (TPSA) is 26.3 Å². The number of carbonyl (C=O) groups is 1. The summed E-state index contributed by atoms with van der Waals surface area (Å²) in [5.74, 6) is 1.29. The first-order chi connectivity index (χ1) is 9.76. The van der Waals surface area contributed by atoms with Crippen LogP contribution in [0, 0.1) is 11.8 Å². The van der Waals surface area contributed by atoms with Crippen molar-refractivity contribution in [2.24, 2.45) is 11.8 Å². The van der Waals surface area contributed by atoms with Gasteiger partial charge in [0.05, 0.1) is 0 Å². The molecular formula is C18H26O2. The third-order valence-electron chi connectivity index (χ3n) is 4.52. The Labute approximate surface area is 122 Å². The minimum atomic E-state index is -0.371. The Bertz CT molecular complexity index is 405. The molecule has 1 aliphatic rings. The van der Waals surface area contributed by atoms with Crippen molar-refractivity contribution in [3.05, 3.63) is 35.9 Å². The largest absolute Gasteiger partial charge is 0.366 e. The van der Waals surface area contributed by atoms with Gasteiger partial charge in [-0.05, 0) is 44.1 Å². The molecule has 2 rings (SSSR count). The van der Waals surface area contributed by atoms with Gasteiger partial charge in [-0.15, -0.1) is 0 Å². The van der Waals surface area contributed by atoms with Crippen molar-refractivity contribution < 1.29 is 9.53 Å². The van der Waals surface area contributed by atoms with E-state index in [0.717, 1.165) is 24.3 Å². The van der Waals surface area contributed by atoms with Crippen LogP contribution in [0.1, 0.15) is 57.6 Å². The van der Waals surface area contributed by atoms with Gasteiger partial charge in [0.15, 0.2) is 5.78 Å². The summed E-state index contributed by atoms with van der Waals surface area (Å²) in [7, 11) is 0. The van der Waals surface area contributed by atoms with Crippen LogP contribution < -0.4 is 0 Å². The second-order valence-corrected chi connectivity index (χ2v) is 5.77. The number of hydrogen-bond acceptors (Lipinski definition) is 2. The summed E-state index contributed by atoms with van der Waals surface area (Å²) in [6, 6.07) is 9.92. The van der Waals surface area contributed by atoms with Gasteiger partial charge in [-0.2, -0.15) is 0 Å². The van der Waals surface area contributed by atoms with Gasteiger partial charge in [0, 0.05) is 12.5 Å². The van der Waals surface area contributed by atoms with Crippen LogP contribution in [0.2, 0.25) is 0 Å². The summed E-state index contributed by atoms with van der Waals surface area (Å²) >= 11 is 0. The molecule has 1 saturated carbocycles. The zero-order valence-electron chi connectivity index (χ0n) is 12.7. The fourth-order valence-electron chi connectivity index (χ4n) is 3.21. The molecule has 0 bridgehead atoms. The van der Waals surface area contributed by atoms with E-state index in [4.69, 9.17) is 4.74 Å². The Morgan fingerprint density at radius 3 is 2.35 bits per heavy atom. The van der Waals surface area contributed by atoms with Crippen molar-refractivity contribution in [2.75, 3.05) is 6.61 Å². The lowest BCUT2D eigenvalue weighted by atomic mass is 9.77. The van der Waals surface area contributed by atoms with Crippen LogP contribution in [-0.2, 0) is 9.53 Å². The van der Waals surface area contributed by atoms with Crippen LogP contribution in [-0.4, -0.2) is 12.4 Å². The number of benzene rings is 1. The molecule has 0 radical (unpaired) electrons. The van der Waals surface area contributed by atoms with Gasteiger partial charge in [-0.1, -0.05) is 43.7 Å². The molecule has 0 aromatic heterocycles. The minimum Gasteiger partial charge on any atom is -0.366 e. The molecule has 0 spiro atoms. The van der Waals surface area contributed by atoms with E-state index in [2.05, 4.69) is 6.92 Å². The summed E-state index contributed by atoms with van der Waals surface area (Å²) in [4.78, 5) is 12.8. The highest BCUT2D eigenvalue weighted by atomic mass is 16.5.